The molecule has 3 rings (SSSR count). The minimum atomic E-state index is -0.684. The zero-order valence-electron chi connectivity index (χ0n) is 16.0. The van der Waals surface area contributed by atoms with Crippen LogP contribution in [0.4, 0.5) is 0 Å². The normalized spacial score (nSPS) is 16.8. The number of rotatable bonds is 6. The molecule has 1 N–H and O–H groups in total. The maximum absolute atomic E-state index is 12.7. The standard InChI is InChI=1S/C22H25NO4/c1-14(24)17-11-12-20(21(13-17)26-3)27-15(2)22(25)23-19-10-6-8-16-7-4-5-9-18(16)19/h4-5,7,9,11-13,15,19H,6,8,10H2,1-3H3,(H,23,25)/t15-,19+/m0/s1. The van der Waals surface area contributed by atoms with Gasteiger partial charge in [0.05, 0.1) is 13.2 Å². The summed E-state index contributed by atoms with van der Waals surface area (Å²) in [6.45, 7) is 3.20. The summed E-state index contributed by atoms with van der Waals surface area (Å²) in [5.41, 5.74) is 3.02. The Kier molecular flexibility index (Phi) is 5.79. The first-order valence-corrected chi connectivity index (χ1v) is 9.23. The SMILES string of the molecule is COc1cc(C(C)=O)ccc1O[C@@H](C)C(=O)N[C@@H]1CCCc2ccccc21. The van der Waals surface area contributed by atoms with E-state index < -0.39 is 6.10 Å². The third-order valence-electron chi connectivity index (χ3n) is 4.93. The van der Waals surface area contributed by atoms with Gasteiger partial charge < -0.3 is 14.8 Å². The second-order valence-electron chi connectivity index (χ2n) is 6.83. The van der Waals surface area contributed by atoms with Gasteiger partial charge in [0, 0.05) is 5.56 Å². The quantitative estimate of drug-likeness (QED) is 0.788. The van der Waals surface area contributed by atoms with E-state index in [-0.39, 0.29) is 17.7 Å². The Morgan fingerprint density at radius 2 is 1.93 bits per heavy atom. The number of ether oxygens (including phenoxy) is 2. The minimum Gasteiger partial charge on any atom is -0.493 e. The first-order valence-electron chi connectivity index (χ1n) is 9.23. The summed E-state index contributed by atoms with van der Waals surface area (Å²) in [5, 5.41) is 3.10. The zero-order chi connectivity index (χ0) is 19.4. The fourth-order valence-corrected chi connectivity index (χ4v) is 3.42. The molecule has 1 aliphatic carbocycles. The molecule has 0 aromatic heterocycles. The lowest BCUT2D eigenvalue weighted by Gasteiger charge is -2.27. The van der Waals surface area contributed by atoms with Crippen molar-refractivity contribution >= 4 is 11.7 Å². The number of fused-ring (bicyclic) bond motifs is 1. The van der Waals surface area contributed by atoms with Gasteiger partial charge in [0.15, 0.2) is 23.4 Å². The van der Waals surface area contributed by atoms with Crippen molar-refractivity contribution < 1.29 is 19.1 Å². The van der Waals surface area contributed by atoms with Crippen molar-refractivity contribution in [3.05, 3.63) is 59.2 Å². The maximum atomic E-state index is 12.7. The van der Waals surface area contributed by atoms with Crippen molar-refractivity contribution in [2.75, 3.05) is 7.11 Å². The van der Waals surface area contributed by atoms with Crippen LogP contribution in [0.3, 0.4) is 0 Å². The van der Waals surface area contributed by atoms with Crippen LogP contribution < -0.4 is 14.8 Å². The summed E-state index contributed by atoms with van der Waals surface area (Å²) in [7, 11) is 1.51. The van der Waals surface area contributed by atoms with E-state index in [4.69, 9.17) is 9.47 Å². The van der Waals surface area contributed by atoms with Gasteiger partial charge in [-0.2, -0.15) is 0 Å². The Morgan fingerprint density at radius 1 is 1.15 bits per heavy atom. The molecule has 0 saturated carbocycles. The van der Waals surface area contributed by atoms with Crippen LogP contribution in [0, 0.1) is 0 Å². The van der Waals surface area contributed by atoms with E-state index in [1.165, 1.54) is 25.2 Å². The number of methoxy groups -OCH3 is 1. The number of aryl methyl sites for hydroxylation is 1. The molecule has 27 heavy (non-hydrogen) atoms. The van der Waals surface area contributed by atoms with Crippen molar-refractivity contribution in [1.29, 1.82) is 0 Å². The van der Waals surface area contributed by atoms with Gasteiger partial charge >= 0.3 is 0 Å². The summed E-state index contributed by atoms with van der Waals surface area (Å²) >= 11 is 0. The predicted octanol–water partition coefficient (Wildman–Crippen LogP) is 3.86. The van der Waals surface area contributed by atoms with Crippen molar-refractivity contribution in [1.82, 2.24) is 5.32 Å². The smallest absolute Gasteiger partial charge is 0.261 e. The number of hydrogen-bond donors (Lipinski definition) is 1. The lowest BCUT2D eigenvalue weighted by atomic mass is 9.87. The van der Waals surface area contributed by atoms with E-state index in [1.54, 1.807) is 25.1 Å². The van der Waals surface area contributed by atoms with E-state index in [0.717, 1.165) is 19.3 Å². The number of carbonyl (C=O) groups excluding carboxylic acids is 2. The molecule has 1 amide bonds. The molecule has 0 radical (unpaired) electrons. The highest BCUT2D eigenvalue weighted by molar-refractivity contribution is 5.94. The highest BCUT2D eigenvalue weighted by Gasteiger charge is 2.25. The second kappa shape index (κ2) is 8.25. The molecule has 0 fully saturated rings. The van der Waals surface area contributed by atoms with Crippen molar-refractivity contribution in [2.24, 2.45) is 0 Å². The van der Waals surface area contributed by atoms with E-state index in [2.05, 4.69) is 17.4 Å². The van der Waals surface area contributed by atoms with Gasteiger partial charge in [-0.1, -0.05) is 24.3 Å². The number of hydrogen-bond acceptors (Lipinski definition) is 4. The van der Waals surface area contributed by atoms with Crippen LogP contribution >= 0.6 is 0 Å². The minimum absolute atomic E-state index is 0.00971. The van der Waals surface area contributed by atoms with Gasteiger partial charge in [-0.05, 0) is 62.4 Å². The molecular weight excluding hydrogens is 342 g/mol. The van der Waals surface area contributed by atoms with E-state index in [0.29, 0.717) is 17.1 Å². The highest BCUT2D eigenvalue weighted by atomic mass is 16.5. The molecule has 0 saturated heterocycles. The highest BCUT2D eigenvalue weighted by Crippen LogP contribution is 2.31. The fourth-order valence-electron chi connectivity index (χ4n) is 3.42. The van der Waals surface area contributed by atoms with Gasteiger partial charge in [-0.15, -0.1) is 0 Å². The molecule has 1 aliphatic rings. The number of ketones is 1. The van der Waals surface area contributed by atoms with Crippen molar-refractivity contribution in [3.8, 4) is 11.5 Å². The van der Waals surface area contributed by atoms with Crippen LogP contribution in [-0.4, -0.2) is 24.9 Å². The van der Waals surface area contributed by atoms with E-state index >= 15 is 0 Å². The first kappa shape index (κ1) is 19.0. The summed E-state index contributed by atoms with van der Waals surface area (Å²) in [5.74, 6) is 0.649. The first-order chi connectivity index (χ1) is 13.0. The Hall–Kier alpha value is -2.82. The molecule has 2 atom stereocenters. The molecule has 5 heteroatoms. The zero-order valence-corrected chi connectivity index (χ0v) is 16.0. The molecule has 0 spiro atoms. The largest absolute Gasteiger partial charge is 0.493 e. The average molecular weight is 367 g/mol. The lowest BCUT2D eigenvalue weighted by molar-refractivity contribution is -0.128. The number of carbonyl (C=O) groups is 2. The van der Waals surface area contributed by atoms with Gasteiger partial charge in [0.1, 0.15) is 0 Å². The Labute approximate surface area is 159 Å². The van der Waals surface area contributed by atoms with Crippen LogP contribution in [-0.2, 0) is 11.2 Å². The fraction of sp³-hybridized carbons (Fsp3) is 0.364. The van der Waals surface area contributed by atoms with Crippen LogP contribution in [0.2, 0.25) is 0 Å². The van der Waals surface area contributed by atoms with Crippen molar-refractivity contribution in [2.45, 2.75) is 45.3 Å². The monoisotopic (exact) mass is 367 g/mol. The Morgan fingerprint density at radius 3 is 2.67 bits per heavy atom. The number of nitrogens with one attached hydrogen (secondary N) is 1. The van der Waals surface area contributed by atoms with Crippen LogP contribution in [0.5, 0.6) is 11.5 Å². The summed E-state index contributed by atoms with van der Waals surface area (Å²) < 4.78 is 11.1. The second-order valence-corrected chi connectivity index (χ2v) is 6.83. The summed E-state index contributed by atoms with van der Waals surface area (Å²) in [6, 6.07) is 13.2. The van der Waals surface area contributed by atoms with Gasteiger partial charge in [-0.25, -0.2) is 0 Å². The molecule has 5 nitrogen and oxygen atoms in total. The van der Waals surface area contributed by atoms with Crippen molar-refractivity contribution in [3.63, 3.8) is 0 Å². The third kappa shape index (κ3) is 4.30. The van der Waals surface area contributed by atoms with Gasteiger partial charge in [-0.3, -0.25) is 9.59 Å². The maximum Gasteiger partial charge on any atom is 0.261 e. The summed E-state index contributed by atoms with van der Waals surface area (Å²) in [4.78, 5) is 24.2. The van der Waals surface area contributed by atoms with E-state index in [9.17, 15) is 9.59 Å². The molecule has 142 valence electrons. The van der Waals surface area contributed by atoms with Crippen LogP contribution in [0.15, 0.2) is 42.5 Å². The molecule has 2 aromatic carbocycles. The molecule has 0 bridgehead atoms. The van der Waals surface area contributed by atoms with Gasteiger partial charge in [0.25, 0.3) is 5.91 Å². The molecule has 0 heterocycles. The van der Waals surface area contributed by atoms with Crippen LogP contribution in [0.1, 0.15) is 54.2 Å². The lowest BCUT2D eigenvalue weighted by Crippen LogP contribution is -2.39. The van der Waals surface area contributed by atoms with Crippen LogP contribution in [0.25, 0.3) is 0 Å². The molecule has 2 aromatic rings. The summed E-state index contributed by atoms with van der Waals surface area (Å²) in [6.07, 6.45) is 2.34. The number of benzene rings is 2. The Bertz CT molecular complexity index is 846. The topological polar surface area (TPSA) is 64.6 Å². The molecule has 0 unspecified atom stereocenters. The number of amides is 1. The Balaban J connectivity index is 1.69. The molecular formula is C22H25NO4. The average Bonchev–Trinajstić information content (AvgIpc) is 2.68. The predicted molar refractivity (Wildman–Crippen MR) is 103 cm³/mol. The van der Waals surface area contributed by atoms with Gasteiger partial charge in [0.2, 0.25) is 0 Å². The van der Waals surface area contributed by atoms with E-state index in [1.807, 2.05) is 12.1 Å². The third-order valence-corrected chi connectivity index (χ3v) is 4.93. The molecule has 0 aliphatic heterocycles. The number of Topliss-reactive ketones (excluding diaryl/α,β-unsaturated/α-hetero) is 1.